The Kier molecular flexibility index (Phi) is 6.73. The van der Waals surface area contributed by atoms with Crippen molar-refractivity contribution >= 4 is 39.6 Å². The third-order valence-electron chi connectivity index (χ3n) is 4.59. The standard InChI is InChI=1S/C24H20BrN3O3/c1-15-12-18(13-19(14-26)24(30)27-21-6-4-20(25)5-7-21)16(2)28(15)22-8-10-23(11-9-22)31-17(3)29/h4-13H,1-3H3,(H,27,30)/b19-13-. The number of ether oxygens (including phenoxy) is 1. The number of amides is 1. The second-order valence-corrected chi connectivity index (χ2v) is 7.80. The molecule has 0 atom stereocenters. The highest BCUT2D eigenvalue weighted by molar-refractivity contribution is 9.10. The maximum Gasteiger partial charge on any atom is 0.308 e. The molecule has 1 N–H and O–H groups in total. The molecule has 2 aromatic carbocycles. The Morgan fingerprint density at radius 1 is 1.10 bits per heavy atom. The van der Waals surface area contributed by atoms with Crippen LogP contribution in [0.15, 0.2) is 64.6 Å². The predicted octanol–water partition coefficient (Wildman–Crippen LogP) is 5.33. The second kappa shape index (κ2) is 9.45. The third-order valence-corrected chi connectivity index (χ3v) is 5.12. The lowest BCUT2D eigenvalue weighted by atomic mass is 10.1. The van der Waals surface area contributed by atoms with Crippen LogP contribution in [0.3, 0.4) is 0 Å². The number of halogens is 1. The highest BCUT2D eigenvalue weighted by Crippen LogP contribution is 2.25. The van der Waals surface area contributed by atoms with Gasteiger partial charge < -0.3 is 14.6 Å². The van der Waals surface area contributed by atoms with Crippen LogP contribution in [-0.4, -0.2) is 16.4 Å². The Labute approximate surface area is 188 Å². The monoisotopic (exact) mass is 477 g/mol. The van der Waals surface area contributed by atoms with Gasteiger partial charge in [-0.25, -0.2) is 0 Å². The molecule has 0 radical (unpaired) electrons. The van der Waals surface area contributed by atoms with Gasteiger partial charge in [0, 0.05) is 34.2 Å². The van der Waals surface area contributed by atoms with Gasteiger partial charge in [-0.15, -0.1) is 0 Å². The fourth-order valence-corrected chi connectivity index (χ4v) is 3.46. The molecular weight excluding hydrogens is 458 g/mol. The summed E-state index contributed by atoms with van der Waals surface area (Å²) < 4.78 is 7.98. The number of aryl methyl sites for hydroxylation is 1. The number of anilines is 1. The zero-order chi connectivity index (χ0) is 22.5. The molecule has 3 aromatic rings. The Balaban J connectivity index is 1.88. The van der Waals surface area contributed by atoms with Gasteiger partial charge in [-0.05, 0) is 80.1 Å². The first-order valence-corrected chi connectivity index (χ1v) is 10.2. The Morgan fingerprint density at radius 2 is 1.74 bits per heavy atom. The number of hydrogen-bond acceptors (Lipinski definition) is 4. The molecule has 0 aliphatic heterocycles. The van der Waals surface area contributed by atoms with Crippen LogP contribution >= 0.6 is 15.9 Å². The summed E-state index contributed by atoms with van der Waals surface area (Å²) >= 11 is 3.35. The molecule has 0 bridgehead atoms. The lowest BCUT2D eigenvalue weighted by Gasteiger charge is -2.10. The fraction of sp³-hybridized carbons (Fsp3) is 0.125. The molecule has 7 heteroatoms. The van der Waals surface area contributed by atoms with E-state index in [1.165, 1.54) is 6.92 Å². The van der Waals surface area contributed by atoms with Gasteiger partial charge in [0.2, 0.25) is 0 Å². The molecule has 0 spiro atoms. The Bertz CT molecular complexity index is 1200. The molecule has 0 saturated carbocycles. The first kappa shape index (κ1) is 22.1. The van der Waals surface area contributed by atoms with Crippen molar-refractivity contribution in [2.75, 3.05) is 5.32 Å². The maximum atomic E-state index is 12.6. The minimum absolute atomic E-state index is 0.00775. The average molecular weight is 478 g/mol. The molecule has 1 aromatic heterocycles. The van der Waals surface area contributed by atoms with Gasteiger partial charge in [0.1, 0.15) is 17.4 Å². The van der Waals surface area contributed by atoms with E-state index in [0.717, 1.165) is 27.1 Å². The number of nitrogens with one attached hydrogen (secondary N) is 1. The van der Waals surface area contributed by atoms with Crippen LogP contribution in [0, 0.1) is 25.2 Å². The zero-order valence-electron chi connectivity index (χ0n) is 17.3. The van der Waals surface area contributed by atoms with E-state index in [1.807, 2.05) is 54.8 Å². The highest BCUT2D eigenvalue weighted by atomic mass is 79.9. The smallest absolute Gasteiger partial charge is 0.308 e. The number of carbonyl (C=O) groups excluding carboxylic acids is 2. The van der Waals surface area contributed by atoms with Gasteiger partial charge in [0.15, 0.2) is 0 Å². The molecule has 156 valence electrons. The lowest BCUT2D eigenvalue weighted by Crippen LogP contribution is -2.13. The van der Waals surface area contributed by atoms with Crippen LogP contribution in [0.4, 0.5) is 5.69 Å². The van der Waals surface area contributed by atoms with Gasteiger partial charge in [-0.2, -0.15) is 5.26 Å². The van der Waals surface area contributed by atoms with E-state index in [9.17, 15) is 14.9 Å². The minimum Gasteiger partial charge on any atom is -0.427 e. The van der Waals surface area contributed by atoms with Crippen molar-refractivity contribution in [1.29, 1.82) is 5.26 Å². The van der Waals surface area contributed by atoms with Crippen LogP contribution in [-0.2, 0) is 9.59 Å². The summed E-state index contributed by atoms with van der Waals surface area (Å²) in [7, 11) is 0. The minimum atomic E-state index is -0.472. The SMILES string of the molecule is CC(=O)Oc1ccc(-n2c(C)cc(/C=C(/C#N)C(=O)Nc3ccc(Br)cc3)c2C)cc1. The Hall–Kier alpha value is -3.63. The average Bonchev–Trinajstić information content (AvgIpc) is 3.01. The van der Waals surface area contributed by atoms with Crippen LogP contribution in [0.25, 0.3) is 11.8 Å². The van der Waals surface area contributed by atoms with Crippen molar-refractivity contribution in [3.63, 3.8) is 0 Å². The summed E-state index contributed by atoms with van der Waals surface area (Å²) in [5, 5.41) is 12.3. The molecule has 31 heavy (non-hydrogen) atoms. The maximum absolute atomic E-state index is 12.6. The van der Waals surface area contributed by atoms with Crippen molar-refractivity contribution in [3.8, 4) is 17.5 Å². The van der Waals surface area contributed by atoms with E-state index < -0.39 is 5.91 Å². The van der Waals surface area contributed by atoms with Gasteiger partial charge in [-0.3, -0.25) is 9.59 Å². The van der Waals surface area contributed by atoms with Gasteiger partial charge in [-0.1, -0.05) is 15.9 Å². The normalized spacial score (nSPS) is 11.0. The number of hydrogen-bond donors (Lipinski definition) is 1. The molecule has 0 unspecified atom stereocenters. The quantitative estimate of drug-likeness (QED) is 0.233. The number of nitrogens with zero attached hydrogens (tertiary/aromatic N) is 2. The summed E-state index contributed by atoms with van der Waals surface area (Å²) in [6.45, 7) is 5.21. The number of esters is 1. The van der Waals surface area contributed by atoms with E-state index >= 15 is 0 Å². The summed E-state index contributed by atoms with van der Waals surface area (Å²) in [5.41, 5.74) is 4.07. The van der Waals surface area contributed by atoms with Crippen molar-refractivity contribution < 1.29 is 14.3 Å². The molecule has 0 fully saturated rings. The van der Waals surface area contributed by atoms with Crippen LogP contribution in [0.2, 0.25) is 0 Å². The third kappa shape index (κ3) is 5.30. The lowest BCUT2D eigenvalue weighted by molar-refractivity contribution is -0.131. The van der Waals surface area contributed by atoms with Crippen LogP contribution < -0.4 is 10.1 Å². The highest BCUT2D eigenvalue weighted by Gasteiger charge is 2.14. The summed E-state index contributed by atoms with van der Waals surface area (Å²) in [6, 6.07) is 18.2. The van der Waals surface area contributed by atoms with Crippen molar-refractivity contribution in [2.45, 2.75) is 20.8 Å². The summed E-state index contributed by atoms with van der Waals surface area (Å²) in [4.78, 5) is 23.7. The molecule has 1 heterocycles. The molecule has 3 rings (SSSR count). The zero-order valence-corrected chi connectivity index (χ0v) is 18.9. The van der Waals surface area contributed by atoms with Gasteiger partial charge in [0.25, 0.3) is 5.91 Å². The summed E-state index contributed by atoms with van der Waals surface area (Å²) in [6.07, 6.45) is 1.58. The number of rotatable bonds is 5. The van der Waals surface area contributed by atoms with E-state index in [4.69, 9.17) is 4.74 Å². The number of benzene rings is 2. The summed E-state index contributed by atoms with van der Waals surface area (Å²) in [5.74, 6) is -0.380. The van der Waals surface area contributed by atoms with Gasteiger partial charge in [0.05, 0.1) is 0 Å². The first-order chi connectivity index (χ1) is 14.8. The van der Waals surface area contributed by atoms with Crippen molar-refractivity contribution in [1.82, 2.24) is 4.57 Å². The molecule has 6 nitrogen and oxygen atoms in total. The van der Waals surface area contributed by atoms with E-state index in [0.29, 0.717) is 11.4 Å². The predicted molar refractivity (Wildman–Crippen MR) is 123 cm³/mol. The number of carbonyl (C=O) groups is 2. The van der Waals surface area contributed by atoms with Crippen molar-refractivity contribution in [2.24, 2.45) is 0 Å². The molecular formula is C24H20BrN3O3. The van der Waals surface area contributed by atoms with Crippen LogP contribution in [0.1, 0.15) is 23.9 Å². The number of nitriles is 1. The molecule has 1 amide bonds. The second-order valence-electron chi connectivity index (χ2n) is 6.88. The largest absolute Gasteiger partial charge is 0.427 e. The van der Waals surface area contributed by atoms with Crippen molar-refractivity contribution in [3.05, 3.63) is 81.6 Å². The van der Waals surface area contributed by atoms with Crippen LogP contribution in [0.5, 0.6) is 5.75 Å². The van der Waals surface area contributed by atoms with Gasteiger partial charge >= 0.3 is 5.97 Å². The molecule has 0 saturated heterocycles. The van der Waals surface area contributed by atoms with E-state index in [2.05, 4.69) is 21.2 Å². The molecule has 0 aliphatic carbocycles. The van der Waals surface area contributed by atoms with E-state index in [-0.39, 0.29) is 11.5 Å². The number of aromatic nitrogens is 1. The fourth-order valence-electron chi connectivity index (χ4n) is 3.20. The molecule has 0 aliphatic rings. The Morgan fingerprint density at radius 3 is 2.32 bits per heavy atom. The topological polar surface area (TPSA) is 84.1 Å². The first-order valence-electron chi connectivity index (χ1n) is 9.45. The van der Waals surface area contributed by atoms with E-state index in [1.54, 1.807) is 30.3 Å².